The zero-order chi connectivity index (χ0) is 20.4. The maximum Gasteiger partial charge on any atom is 0.417 e. The molecular weight excluding hydrogens is 378 g/mol. The zero-order valence-electron chi connectivity index (χ0n) is 15.7. The van der Waals surface area contributed by atoms with E-state index in [1.807, 2.05) is 0 Å². The van der Waals surface area contributed by atoms with E-state index in [0.717, 1.165) is 0 Å². The summed E-state index contributed by atoms with van der Waals surface area (Å²) in [4.78, 5) is 51.5. The average molecular weight is 397 g/mol. The van der Waals surface area contributed by atoms with Crippen LogP contribution < -0.4 is 10.5 Å². The number of aromatic amines is 1. The highest BCUT2D eigenvalue weighted by Gasteiger charge is 2.68. The van der Waals surface area contributed by atoms with Crippen LogP contribution in [0.5, 0.6) is 5.75 Å². The van der Waals surface area contributed by atoms with Crippen LogP contribution in [0.2, 0.25) is 0 Å². The number of hydrogen-bond donors (Lipinski definition) is 1. The number of carbonyl (C=O) groups excluding carboxylic acids is 3. The smallest absolute Gasteiger partial charge is 0.417 e. The van der Waals surface area contributed by atoms with Gasteiger partial charge in [-0.3, -0.25) is 19.4 Å². The van der Waals surface area contributed by atoms with Crippen molar-refractivity contribution < 1.29 is 28.3 Å². The Labute approximate surface area is 164 Å². The number of allylic oxidation sites excluding steroid dienone is 1. The maximum absolute atomic E-state index is 13.0. The van der Waals surface area contributed by atoms with Crippen LogP contribution in [-0.2, 0) is 19.1 Å². The van der Waals surface area contributed by atoms with Gasteiger partial charge in [0, 0.05) is 24.3 Å². The number of oxazole rings is 1. The fourth-order valence-corrected chi connectivity index (χ4v) is 5.34. The third-order valence-corrected chi connectivity index (χ3v) is 6.55. The minimum Gasteiger partial charge on any atom is -0.461 e. The fourth-order valence-electron chi connectivity index (χ4n) is 5.34. The summed E-state index contributed by atoms with van der Waals surface area (Å²) in [5.41, 5.74) is 1.22. The van der Waals surface area contributed by atoms with Gasteiger partial charge in [0.25, 0.3) is 0 Å². The summed E-state index contributed by atoms with van der Waals surface area (Å²) in [7, 11) is 0. The second-order valence-electron chi connectivity index (χ2n) is 8.18. The summed E-state index contributed by atoms with van der Waals surface area (Å²) in [5.74, 6) is -2.94. The molecule has 1 N–H and O–H groups in total. The molecule has 3 aliphatic rings. The maximum atomic E-state index is 13.0. The molecule has 5 rings (SSSR count). The van der Waals surface area contributed by atoms with Gasteiger partial charge in [0.05, 0.1) is 17.4 Å². The lowest BCUT2D eigenvalue weighted by molar-refractivity contribution is -0.149. The molecule has 2 aliphatic carbocycles. The van der Waals surface area contributed by atoms with E-state index in [-0.39, 0.29) is 53.4 Å². The molecule has 1 saturated heterocycles. The minimum absolute atomic E-state index is 0.0573. The third kappa shape index (κ3) is 2.66. The van der Waals surface area contributed by atoms with Crippen molar-refractivity contribution in [2.45, 2.75) is 25.9 Å². The van der Waals surface area contributed by atoms with Gasteiger partial charge in [0.2, 0.25) is 0 Å². The second kappa shape index (κ2) is 6.17. The predicted octanol–water partition coefficient (Wildman–Crippen LogP) is 1.99. The summed E-state index contributed by atoms with van der Waals surface area (Å²) in [6.45, 7) is 5.34. The number of nitrogens with one attached hydrogen (secondary N) is 1. The third-order valence-electron chi connectivity index (χ3n) is 6.55. The van der Waals surface area contributed by atoms with Crippen molar-refractivity contribution in [3.63, 3.8) is 0 Å². The summed E-state index contributed by atoms with van der Waals surface area (Å²) in [5, 5.41) is 0. The number of aromatic nitrogens is 1. The molecule has 1 aliphatic heterocycles. The summed E-state index contributed by atoms with van der Waals surface area (Å²) < 4.78 is 16.1. The van der Waals surface area contributed by atoms with E-state index >= 15 is 0 Å². The molecule has 8 heteroatoms. The molecule has 2 saturated carbocycles. The van der Waals surface area contributed by atoms with Crippen molar-refractivity contribution >= 4 is 28.8 Å². The number of fused-ring (bicyclic) bond motifs is 2. The zero-order valence-corrected chi connectivity index (χ0v) is 15.7. The number of benzene rings is 1. The first-order valence-electron chi connectivity index (χ1n) is 9.57. The lowest BCUT2D eigenvalue weighted by Gasteiger charge is -2.30. The first-order chi connectivity index (χ1) is 13.8. The highest BCUT2D eigenvalue weighted by molar-refractivity contribution is 5.95. The summed E-state index contributed by atoms with van der Waals surface area (Å²) in [6.07, 6.45) is 0.571. The minimum atomic E-state index is -0.650. The molecule has 0 spiro atoms. The Hall–Kier alpha value is -3.16. The van der Waals surface area contributed by atoms with Gasteiger partial charge in [-0.05, 0) is 37.0 Å². The van der Waals surface area contributed by atoms with Crippen LogP contribution in [0, 0.1) is 29.6 Å². The Morgan fingerprint density at radius 3 is 2.83 bits per heavy atom. The normalized spacial score (nSPS) is 31.8. The molecule has 2 aromatic rings. The molecule has 8 nitrogen and oxygen atoms in total. The first kappa shape index (κ1) is 17.9. The predicted molar refractivity (Wildman–Crippen MR) is 98.9 cm³/mol. The van der Waals surface area contributed by atoms with Crippen molar-refractivity contribution in [3.05, 3.63) is 40.9 Å². The van der Waals surface area contributed by atoms with Gasteiger partial charge in [0.1, 0.15) is 11.9 Å². The van der Waals surface area contributed by atoms with E-state index in [9.17, 15) is 19.2 Å². The molecule has 6 unspecified atom stereocenters. The number of H-pyrrole nitrogens is 1. The average Bonchev–Trinajstić information content (AvgIpc) is 3.36. The molecule has 29 heavy (non-hydrogen) atoms. The Morgan fingerprint density at radius 1 is 1.28 bits per heavy atom. The number of Topliss-reactive ketones (excluding diaryl/α,β-unsaturated/α-hetero) is 1. The van der Waals surface area contributed by atoms with E-state index in [1.165, 1.54) is 6.07 Å². The second-order valence-corrected chi connectivity index (χ2v) is 8.18. The van der Waals surface area contributed by atoms with Gasteiger partial charge in [-0.1, -0.05) is 6.58 Å². The Kier molecular flexibility index (Phi) is 3.81. The monoisotopic (exact) mass is 397 g/mol. The Bertz CT molecular complexity index is 1130. The van der Waals surface area contributed by atoms with Crippen molar-refractivity contribution in [3.8, 4) is 5.75 Å². The SMILES string of the molecule is C=C(C)C(=O)CC1C2CC3C1OC(=O)C3C2C(=O)Oc1ccc2[nH]c(=O)oc2c1. The largest absolute Gasteiger partial charge is 0.461 e. The van der Waals surface area contributed by atoms with Crippen LogP contribution in [0.1, 0.15) is 19.8 Å². The number of rotatable bonds is 5. The number of esters is 2. The molecule has 1 aromatic carbocycles. The molecule has 150 valence electrons. The van der Waals surface area contributed by atoms with E-state index in [1.54, 1.807) is 19.1 Å². The number of ketones is 1. The molecule has 2 bridgehead atoms. The molecule has 3 fully saturated rings. The molecule has 6 atom stereocenters. The van der Waals surface area contributed by atoms with Crippen molar-refractivity contribution in [2.75, 3.05) is 0 Å². The lowest BCUT2D eigenvalue weighted by atomic mass is 9.72. The van der Waals surface area contributed by atoms with Gasteiger partial charge < -0.3 is 13.9 Å². The molecule has 1 aromatic heterocycles. The first-order valence-corrected chi connectivity index (χ1v) is 9.57. The molecular formula is C21H19NO7. The van der Waals surface area contributed by atoms with E-state index in [0.29, 0.717) is 17.5 Å². The molecule has 0 amide bonds. The van der Waals surface area contributed by atoms with Crippen LogP contribution in [0.3, 0.4) is 0 Å². The van der Waals surface area contributed by atoms with Crippen LogP contribution in [0.4, 0.5) is 0 Å². The molecule has 0 radical (unpaired) electrons. The van der Waals surface area contributed by atoms with Gasteiger partial charge in [0.15, 0.2) is 11.4 Å². The quantitative estimate of drug-likeness (QED) is 0.466. The lowest BCUT2D eigenvalue weighted by Crippen LogP contribution is -2.40. The van der Waals surface area contributed by atoms with Crippen molar-refractivity contribution in [2.24, 2.45) is 29.6 Å². The number of hydrogen-bond acceptors (Lipinski definition) is 7. The van der Waals surface area contributed by atoms with Crippen LogP contribution in [-0.4, -0.2) is 28.8 Å². The highest BCUT2D eigenvalue weighted by Crippen LogP contribution is 2.61. The van der Waals surface area contributed by atoms with Gasteiger partial charge in [-0.25, -0.2) is 4.79 Å². The standard InChI is InChI=1S/C21H19NO7/c1-8(2)14(23)7-11-10-6-12-17(20(25)29-18(11)12)16(10)19(24)27-9-3-4-13-15(5-9)28-21(26)22-13/h3-5,10-12,16-18H,1,6-7H2,2H3,(H,22,26). The van der Waals surface area contributed by atoms with E-state index < -0.39 is 23.6 Å². The van der Waals surface area contributed by atoms with Crippen LogP contribution in [0.15, 0.2) is 39.6 Å². The summed E-state index contributed by atoms with van der Waals surface area (Å²) >= 11 is 0. The Morgan fingerprint density at radius 2 is 2.07 bits per heavy atom. The fraction of sp³-hybridized carbons (Fsp3) is 0.429. The highest BCUT2D eigenvalue weighted by atomic mass is 16.6. The van der Waals surface area contributed by atoms with Gasteiger partial charge in [-0.15, -0.1) is 0 Å². The molecule has 2 heterocycles. The van der Waals surface area contributed by atoms with E-state index in [2.05, 4.69) is 11.6 Å². The van der Waals surface area contributed by atoms with Crippen molar-refractivity contribution in [1.82, 2.24) is 4.98 Å². The van der Waals surface area contributed by atoms with Crippen molar-refractivity contribution in [1.29, 1.82) is 0 Å². The number of ether oxygens (including phenoxy) is 2. The number of carbonyl (C=O) groups is 3. The topological polar surface area (TPSA) is 116 Å². The van der Waals surface area contributed by atoms with E-state index in [4.69, 9.17) is 13.9 Å². The summed E-state index contributed by atoms with van der Waals surface area (Å²) in [6, 6.07) is 4.59. The Balaban J connectivity index is 1.41. The van der Waals surface area contributed by atoms with Gasteiger partial charge in [-0.2, -0.15) is 0 Å². The van der Waals surface area contributed by atoms with Crippen LogP contribution in [0.25, 0.3) is 11.1 Å². The van der Waals surface area contributed by atoms with Gasteiger partial charge >= 0.3 is 17.7 Å². The van der Waals surface area contributed by atoms with Crippen LogP contribution >= 0.6 is 0 Å².